The largest absolute Gasteiger partial charge is 0.435 e. The molecule has 0 aliphatic rings. The maximum absolute atomic E-state index is 12.6. The summed E-state index contributed by atoms with van der Waals surface area (Å²) in [5, 5.41) is -1.52. The second-order valence-corrected chi connectivity index (χ2v) is 4.02. The van der Waals surface area contributed by atoms with Crippen LogP contribution in [-0.4, -0.2) is 5.08 Å². The smallest absolute Gasteiger partial charge is 0.397 e. The van der Waals surface area contributed by atoms with Crippen LogP contribution in [0.2, 0.25) is 0 Å². The first-order valence-corrected chi connectivity index (χ1v) is 6.07. The van der Waals surface area contributed by atoms with Crippen molar-refractivity contribution in [3.8, 4) is 0 Å². The minimum atomic E-state index is -1.75. The summed E-state index contributed by atoms with van der Waals surface area (Å²) in [6.45, 7) is 0. The van der Waals surface area contributed by atoms with E-state index in [1.54, 1.807) is 0 Å². The Labute approximate surface area is 114 Å². The SMILES string of the molecule is FC(OC=CC(F)Br)=C(F)OOC(Br)=CBr. The molecule has 0 bridgehead atoms. The van der Waals surface area contributed by atoms with E-state index in [1.165, 1.54) is 4.99 Å². The van der Waals surface area contributed by atoms with Crippen molar-refractivity contribution in [3.63, 3.8) is 0 Å². The molecule has 16 heavy (non-hydrogen) atoms. The molecule has 0 fully saturated rings. The highest BCUT2D eigenvalue weighted by atomic mass is 79.9. The second-order valence-electron chi connectivity index (χ2n) is 1.91. The Morgan fingerprint density at radius 3 is 2.31 bits per heavy atom. The average molecular weight is 433 g/mol. The summed E-state index contributed by atoms with van der Waals surface area (Å²) in [4.78, 5) is 9.22. The van der Waals surface area contributed by atoms with E-state index in [-0.39, 0.29) is 4.67 Å². The summed E-state index contributed by atoms with van der Waals surface area (Å²) in [6.07, 6.45) is 1.40. The molecular formula is C7H4Br3F3O3. The van der Waals surface area contributed by atoms with Crippen LogP contribution in [0.15, 0.2) is 34.0 Å². The van der Waals surface area contributed by atoms with Crippen LogP contribution in [0.4, 0.5) is 13.2 Å². The molecule has 0 aromatic carbocycles. The first kappa shape index (κ1) is 15.9. The van der Waals surface area contributed by atoms with Gasteiger partial charge in [-0.05, 0) is 37.9 Å². The molecule has 1 atom stereocenters. The van der Waals surface area contributed by atoms with Gasteiger partial charge in [0.1, 0.15) is 0 Å². The zero-order valence-corrected chi connectivity index (χ0v) is 12.1. The van der Waals surface area contributed by atoms with Crippen LogP contribution >= 0.6 is 47.8 Å². The van der Waals surface area contributed by atoms with Gasteiger partial charge in [0.05, 0.1) is 6.26 Å². The van der Waals surface area contributed by atoms with Gasteiger partial charge in [-0.3, -0.25) is 9.78 Å². The standard InChI is InChI=1S/C7H4Br3F3O3/c8-3-5(10)15-16-7(13)6(12)14-2-1-4(9)11/h1-4H. The maximum Gasteiger partial charge on any atom is 0.397 e. The van der Waals surface area contributed by atoms with Crippen molar-refractivity contribution in [1.29, 1.82) is 0 Å². The molecule has 0 aromatic rings. The van der Waals surface area contributed by atoms with E-state index in [0.29, 0.717) is 6.26 Å². The first-order chi connectivity index (χ1) is 7.47. The predicted octanol–water partition coefficient (Wildman–Crippen LogP) is 4.81. The minimum Gasteiger partial charge on any atom is -0.435 e. The highest BCUT2D eigenvalue weighted by molar-refractivity contribution is 9.13. The van der Waals surface area contributed by atoms with E-state index in [4.69, 9.17) is 0 Å². The van der Waals surface area contributed by atoms with Gasteiger partial charge in [0.15, 0.2) is 5.08 Å². The van der Waals surface area contributed by atoms with Crippen molar-refractivity contribution >= 4 is 47.8 Å². The fourth-order valence-corrected chi connectivity index (χ4v) is 0.599. The fourth-order valence-electron chi connectivity index (χ4n) is 0.332. The lowest BCUT2D eigenvalue weighted by molar-refractivity contribution is -0.239. The fraction of sp³-hybridized carbons (Fsp3) is 0.143. The molecule has 0 aliphatic carbocycles. The Bertz CT molecular complexity index is 304. The molecule has 0 spiro atoms. The molecule has 0 aromatic heterocycles. The highest BCUT2D eigenvalue weighted by Crippen LogP contribution is 2.17. The van der Waals surface area contributed by atoms with Crippen LogP contribution in [0.5, 0.6) is 0 Å². The summed E-state index contributed by atoms with van der Waals surface area (Å²) in [7, 11) is 0. The van der Waals surface area contributed by atoms with E-state index < -0.39 is 17.1 Å². The van der Waals surface area contributed by atoms with E-state index >= 15 is 0 Å². The Balaban J connectivity index is 4.15. The summed E-state index contributed by atoms with van der Waals surface area (Å²) in [5.74, 6) is 0. The van der Waals surface area contributed by atoms with Gasteiger partial charge >= 0.3 is 12.0 Å². The zero-order chi connectivity index (χ0) is 12.6. The topological polar surface area (TPSA) is 27.7 Å². The van der Waals surface area contributed by atoms with Crippen LogP contribution in [0.1, 0.15) is 0 Å². The molecule has 0 amide bonds. The second kappa shape index (κ2) is 8.94. The van der Waals surface area contributed by atoms with E-state index in [0.717, 1.165) is 6.08 Å². The molecular weight excluding hydrogens is 429 g/mol. The molecule has 0 radical (unpaired) electrons. The first-order valence-electron chi connectivity index (χ1n) is 3.44. The van der Waals surface area contributed by atoms with Crippen LogP contribution < -0.4 is 0 Å². The van der Waals surface area contributed by atoms with Gasteiger partial charge < -0.3 is 4.74 Å². The monoisotopic (exact) mass is 430 g/mol. The van der Waals surface area contributed by atoms with Crippen LogP contribution in [0.3, 0.4) is 0 Å². The van der Waals surface area contributed by atoms with Crippen LogP contribution in [0.25, 0.3) is 0 Å². The van der Waals surface area contributed by atoms with E-state index in [2.05, 4.69) is 62.3 Å². The number of hydrogen-bond acceptors (Lipinski definition) is 3. The quantitative estimate of drug-likeness (QED) is 0.261. The molecule has 0 aliphatic heterocycles. The highest BCUT2D eigenvalue weighted by Gasteiger charge is 2.10. The summed E-state index contributed by atoms with van der Waals surface area (Å²) >= 11 is 8.08. The Morgan fingerprint density at radius 2 is 1.81 bits per heavy atom. The van der Waals surface area contributed by atoms with Gasteiger partial charge in [-0.15, -0.1) is 0 Å². The average Bonchev–Trinajstić information content (AvgIpc) is 2.24. The Kier molecular flexibility index (Phi) is 8.86. The summed E-state index contributed by atoms with van der Waals surface area (Å²) < 4.78 is 41.4. The van der Waals surface area contributed by atoms with Gasteiger partial charge in [-0.1, -0.05) is 15.9 Å². The molecule has 1 unspecified atom stereocenters. The summed E-state index contributed by atoms with van der Waals surface area (Å²) in [5.41, 5.74) is 0. The molecule has 0 saturated heterocycles. The van der Waals surface area contributed by atoms with E-state index in [9.17, 15) is 13.2 Å². The molecule has 9 heteroatoms. The van der Waals surface area contributed by atoms with Crippen molar-refractivity contribution in [3.05, 3.63) is 34.0 Å². The number of hydrogen-bond donors (Lipinski definition) is 0. The van der Waals surface area contributed by atoms with Crippen LogP contribution in [0, 0.1) is 0 Å². The molecule has 0 saturated carbocycles. The van der Waals surface area contributed by atoms with Crippen molar-refractivity contribution in [1.82, 2.24) is 0 Å². The van der Waals surface area contributed by atoms with E-state index in [1.807, 2.05) is 0 Å². The lowest BCUT2D eigenvalue weighted by atomic mass is 10.7. The number of alkyl halides is 2. The summed E-state index contributed by atoms with van der Waals surface area (Å²) in [6, 6.07) is -3.46. The Hall–Kier alpha value is -0.150. The number of allylic oxidation sites excluding steroid dienone is 1. The van der Waals surface area contributed by atoms with Gasteiger partial charge in [0.25, 0.3) is 0 Å². The van der Waals surface area contributed by atoms with Crippen molar-refractivity contribution in [2.45, 2.75) is 5.08 Å². The number of halogens is 6. The van der Waals surface area contributed by atoms with Crippen molar-refractivity contribution in [2.75, 3.05) is 0 Å². The molecule has 3 nitrogen and oxygen atoms in total. The third kappa shape index (κ3) is 8.05. The minimum absolute atomic E-state index is 0.0322. The maximum atomic E-state index is 12.6. The zero-order valence-electron chi connectivity index (χ0n) is 7.30. The molecule has 0 rings (SSSR count). The molecule has 0 heterocycles. The van der Waals surface area contributed by atoms with Crippen molar-refractivity contribution < 1.29 is 27.7 Å². The number of ether oxygens (including phenoxy) is 1. The van der Waals surface area contributed by atoms with Gasteiger partial charge in [0, 0.05) is 4.99 Å². The van der Waals surface area contributed by atoms with Crippen LogP contribution in [-0.2, 0) is 14.5 Å². The van der Waals surface area contributed by atoms with Gasteiger partial charge in [-0.25, -0.2) is 4.39 Å². The molecule has 0 N–H and O–H groups in total. The lowest BCUT2D eigenvalue weighted by Crippen LogP contribution is -1.91. The van der Waals surface area contributed by atoms with Gasteiger partial charge in [0.2, 0.25) is 4.67 Å². The van der Waals surface area contributed by atoms with Gasteiger partial charge in [-0.2, -0.15) is 8.78 Å². The third-order valence-electron chi connectivity index (χ3n) is 0.830. The van der Waals surface area contributed by atoms with Crippen molar-refractivity contribution in [2.24, 2.45) is 0 Å². The third-order valence-corrected chi connectivity index (χ3v) is 2.53. The Morgan fingerprint density at radius 1 is 1.19 bits per heavy atom. The predicted molar refractivity (Wildman–Crippen MR) is 61.4 cm³/mol. The molecule has 92 valence electrons. The lowest BCUT2D eigenvalue weighted by Gasteiger charge is -2.01. The normalized spacial score (nSPS) is 15.8. The number of rotatable bonds is 6.